The minimum absolute atomic E-state index is 0.694. The van der Waals surface area contributed by atoms with Crippen molar-refractivity contribution in [1.29, 1.82) is 0 Å². The van der Waals surface area contributed by atoms with Crippen molar-refractivity contribution in [2.75, 3.05) is 13.4 Å². The fraction of sp³-hybridized carbons (Fsp3) is 0.143. The number of methoxy groups -OCH3 is 1. The summed E-state index contributed by atoms with van der Waals surface area (Å²) in [7, 11) is 1.63. The topological polar surface area (TPSA) is 52.6 Å². The van der Waals surface area contributed by atoms with Crippen molar-refractivity contribution in [3.05, 3.63) is 28.9 Å². The van der Waals surface area contributed by atoms with Crippen molar-refractivity contribution >= 4 is 55.0 Å². The molecule has 0 aliphatic heterocycles. The van der Waals surface area contributed by atoms with Crippen LogP contribution in [0.1, 0.15) is 0 Å². The van der Waals surface area contributed by atoms with Crippen molar-refractivity contribution in [2.45, 2.75) is 4.34 Å². The SMILES string of the molecule is COc1cc(Br)cc2cc(-c3cn4nc(SC)sc4n3)oc12. The van der Waals surface area contributed by atoms with Crippen LogP contribution >= 0.6 is 39.0 Å². The molecule has 8 heteroatoms. The van der Waals surface area contributed by atoms with Crippen molar-refractivity contribution in [2.24, 2.45) is 0 Å². The van der Waals surface area contributed by atoms with Gasteiger partial charge in [0.05, 0.1) is 13.3 Å². The second-order valence-electron chi connectivity index (χ2n) is 4.56. The zero-order chi connectivity index (χ0) is 15.3. The van der Waals surface area contributed by atoms with E-state index in [0.717, 1.165) is 30.4 Å². The lowest BCUT2D eigenvalue weighted by Gasteiger charge is -2.00. The van der Waals surface area contributed by atoms with Gasteiger partial charge in [-0.3, -0.25) is 0 Å². The van der Waals surface area contributed by atoms with Gasteiger partial charge in [0, 0.05) is 9.86 Å². The Kier molecular flexibility index (Phi) is 3.39. The van der Waals surface area contributed by atoms with Crippen LogP contribution < -0.4 is 4.74 Å². The predicted molar refractivity (Wildman–Crippen MR) is 92.1 cm³/mol. The molecular weight excluding hydrogens is 386 g/mol. The molecule has 0 aliphatic carbocycles. The molecule has 1 aromatic carbocycles. The number of halogens is 1. The average molecular weight is 396 g/mol. The lowest BCUT2D eigenvalue weighted by Crippen LogP contribution is -1.82. The fourth-order valence-electron chi connectivity index (χ4n) is 2.25. The summed E-state index contributed by atoms with van der Waals surface area (Å²) in [6.07, 6.45) is 3.88. The molecule has 0 radical (unpaired) electrons. The van der Waals surface area contributed by atoms with Crippen LogP contribution in [0.5, 0.6) is 5.75 Å². The molecule has 22 heavy (non-hydrogen) atoms. The number of ether oxygens (including phenoxy) is 1. The highest BCUT2D eigenvalue weighted by molar-refractivity contribution is 9.10. The van der Waals surface area contributed by atoms with E-state index in [2.05, 4.69) is 26.0 Å². The molecule has 0 bridgehead atoms. The smallest absolute Gasteiger partial charge is 0.213 e. The maximum absolute atomic E-state index is 5.94. The number of furan rings is 1. The Morgan fingerprint density at radius 3 is 2.95 bits per heavy atom. The maximum atomic E-state index is 5.94. The molecule has 3 aromatic heterocycles. The third-order valence-electron chi connectivity index (χ3n) is 3.22. The first kappa shape index (κ1) is 14.1. The average Bonchev–Trinajstić information content (AvgIpc) is 3.16. The van der Waals surface area contributed by atoms with Crippen molar-refractivity contribution < 1.29 is 9.15 Å². The molecule has 0 spiro atoms. The van der Waals surface area contributed by atoms with Crippen molar-refractivity contribution in [1.82, 2.24) is 14.6 Å². The molecule has 0 aliphatic rings. The number of hydrogen-bond donors (Lipinski definition) is 0. The van der Waals surface area contributed by atoms with E-state index < -0.39 is 0 Å². The van der Waals surface area contributed by atoms with Gasteiger partial charge in [-0.05, 0) is 24.5 Å². The van der Waals surface area contributed by atoms with Gasteiger partial charge in [0.25, 0.3) is 0 Å². The van der Waals surface area contributed by atoms with Gasteiger partial charge in [0.15, 0.2) is 21.4 Å². The third-order valence-corrected chi connectivity index (χ3v) is 5.57. The van der Waals surface area contributed by atoms with E-state index >= 15 is 0 Å². The van der Waals surface area contributed by atoms with E-state index in [1.54, 1.807) is 34.7 Å². The molecule has 4 rings (SSSR count). The maximum Gasteiger partial charge on any atom is 0.213 e. The summed E-state index contributed by atoms with van der Waals surface area (Å²) < 4.78 is 15.0. The summed E-state index contributed by atoms with van der Waals surface area (Å²) in [5, 5.41) is 5.41. The number of aromatic nitrogens is 3. The van der Waals surface area contributed by atoms with Crippen molar-refractivity contribution in [3.63, 3.8) is 0 Å². The first-order valence-electron chi connectivity index (χ1n) is 6.35. The molecule has 4 aromatic rings. The monoisotopic (exact) mass is 395 g/mol. The van der Waals surface area contributed by atoms with Crippen LogP contribution in [0.2, 0.25) is 0 Å². The zero-order valence-electron chi connectivity index (χ0n) is 11.7. The number of hydrogen-bond acceptors (Lipinski definition) is 6. The summed E-state index contributed by atoms with van der Waals surface area (Å²) in [6.45, 7) is 0. The van der Waals surface area contributed by atoms with E-state index in [1.807, 2.05) is 30.7 Å². The molecule has 3 heterocycles. The van der Waals surface area contributed by atoms with Gasteiger partial charge in [-0.25, -0.2) is 9.50 Å². The molecule has 0 fully saturated rings. The zero-order valence-corrected chi connectivity index (χ0v) is 14.9. The molecule has 0 atom stereocenters. The molecule has 0 saturated carbocycles. The van der Waals surface area contributed by atoms with Crippen LogP contribution in [0.3, 0.4) is 0 Å². The highest BCUT2D eigenvalue weighted by atomic mass is 79.9. The number of thioether (sulfide) groups is 1. The van der Waals surface area contributed by atoms with Crippen LogP contribution in [0.25, 0.3) is 27.4 Å². The first-order valence-corrected chi connectivity index (χ1v) is 9.19. The van der Waals surface area contributed by atoms with Crippen molar-refractivity contribution in [3.8, 4) is 17.2 Å². The molecule has 0 saturated heterocycles. The summed E-state index contributed by atoms with van der Waals surface area (Å²) in [5.41, 5.74) is 1.48. The number of fused-ring (bicyclic) bond motifs is 2. The van der Waals surface area contributed by atoms with E-state index in [9.17, 15) is 0 Å². The number of imidazole rings is 1. The standard InChI is InChI=1S/C14H10BrN3O2S2/c1-19-11-5-8(15)3-7-4-10(20-12(7)11)9-6-18-13(16-9)22-14(17-18)21-2/h3-6H,1-2H3. The third kappa shape index (κ3) is 2.22. The van der Waals surface area contributed by atoms with Gasteiger partial charge in [0.1, 0.15) is 5.69 Å². The summed E-state index contributed by atoms with van der Waals surface area (Å²) in [4.78, 5) is 5.44. The van der Waals surface area contributed by atoms with E-state index in [4.69, 9.17) is 9.15 Å². The summed E-state index contributed by atoms with van der Waals surface area (Å²) in [5.74, 6) is 1.40. The molecule has 0 amide bonds. The molecule has 112 valence electrons. The Bertz CT molecular complexity index is 957. The van der Waals surface area contributed by atoms with E-state index in [1.165, 1.54) is 0 Å². The normalized spacial score (nSPS) is 11.6. The lowest BCUT2D eigenvalue weighted by atomic mass is 10.2. The molecule has 0 N–H and O–H groups in total. The van der Waals surface area contributed by atoms with E-state index in [-0.39, 0.29) is 0 Å². The minimum atomic E-state index is 0.694. The second-order valence-corrected chi connectivity index (χ2v) is 7.49. The second kappa shape index (κ2) is 5.29. The van der Waals surface area contributed by atoms with Crippen LogP contribution in [0, 0.1) is 0 Å². The quantitative estimate of drug-likeness (QED) is 0.470. The largest absolute Gasteiger partial charge is 0.493 e. The molecule has 0 unspecified atom stereocenters. The van der Waals surface area contributed by atoms with Crippen LogP contribution in [-0.2, 0) is 0 Å². The lowest BCUT2D eigenvalue weighted by molar-refractivity contribution is 0.410. The van der Waals surface area contributed by atoms with Gasteiger partial charge in [-0.15, -0.1) is 5.10 Å². The fourth-order valence-corrected chi connectivity index (χ4v) is 4.04. The minimum Gasteiger partial charge on any atom is -0.493 e. The summed E-state index contributed by atoms with van der Waals surface area (Å²) in [6, 6.07) is 5.84. The highest BCUT2D eigenvalue weighted by Gasteiger charge is 2.15. The Morgan fingerprint density at radius 1 is 1.36 bits per heavy atom. The summed E-state index contributed by atoms with van der Waals surface area (Å²) >= 11 is 6.65. The van der Waals surface area contributed by atoms with Gasteiger partial charge < -0.3 is 9.15 Å². The Hall–Kier alpha value is -1.51. The Morgan fingerprint density at radius 2 is 2.23 bits per heavy atom. The van der Waals surface area contributed by atoms with Gasteiger partial charge in [-0.2, -0.15) is 0 Å². The van der Waals surface area contributed by atoms with Gasteiger partial charge >= 0.3 is 0 Å². The first-order chi connectivity index (χ1) is 10.7. The molecule has 5 nitrogen and oxygen atoms in total. The number of benzene rings is 1. The molecular formula is C14H10BrN3O2S2. The van der Waals surface area contributed by atoms with Gasteiger partial charge in [-0.1, -0.05) is 39.0 Å². The number of rotatable bonds is 3. The Labute approximate surface area is 142 Å². The van der Waals surface area contributed by atoms with Crippen LogP contribution in [0.4, 0.5) is 0 Å². The number of nitrogens with zero attached hydrogens (tertiary/aromatic N) is 3. The van der Waals surface area contributed by atoms with Gasteiger partial charge in [0.2, 0.25) is 4.96 Å². The van der Waals surface area contributed by atoms with E-state index in [0.29, 0.717) is 11.5 Å². The Balaban J connectivity index is 1.86. The van der Waals surface area contributed by atoms with Crippen LogP contribution in [0.15, 0.2) is 37.6 Å². The van der Waals surface area contributed by atoms with Crippen LogP contribution in [-0.4, -0.2) is 28.0 Å². The highest BCUT2D eigenvalue weighted by Crippen LogP contribution is 2.36. The predicted octanol–water partition coefficient (Wildman–Crippen LogP) is 4.70.